The van der Waals surface area contributed by atoms with E-state index in [2.05, 4.69) is 10.3 Å². The van der Waals surface area contributed by atoms with Crippen LogP contribution in [0, 0.1) is 11.3 Å². The van der Waals surface area contributed by atoms with Crippen molar-refractivity contribution in [2.24, 2.45) is 0 Å². The molecule has 16 heavy (non-hydrogen) atoms. The van der Waals surface area contributed by atoms with E-state index >= 15 is 0 Å². The third-order valence-electron chi connectivity index (χ3n) is 2.18. The lowest BCUT2D eigenvalue weighted by Gasteiger charge is -2.08. The van der Waals surface area contributed by atoms with Crippen molar-refractivity contribution in [1.29, 1.82) is 5.26 Å². The van der Waals surface area contributed by atoms with Crippen molar-refractivity contribution in [2.45, 2.75) is 19.5 Å². The maximum atomic E-state index is 8.61. The molecule has 2 rings (SSSR count). The highest BCUT2D eigenvalue weighted by molar-refractivity contribution is 7.09. The Labute approximate surface area is 97.5 Å². The van der Waals surface area contributed by atoms with Gasteiger partial charge in [0.15, 0.2) is 0 Å². The predicted octanol–water partition coefficient (Wildman–Crippen LogP) is 2.46. The molecule has 82 valence electrons. The zero-order valence-corrected chi connectivity index (χ0v) is 9.62. The molecule has 0 aromatic carbocycles. The van der Waals surface area contributed by atoms with Gasteiger partial charge < -0.3 is 9.73 Å². The van der Waals surface area contributed by atoms with E-state index in [0.717, 1.165) is 10.8 Å². The monoisotopic (exact) mass is 233 g/mol. The molecule has 0 fully saturated rings. The Hall–Kier alpha value is -1.64. The first-order valence-electron chi connectivity index (χ1n) is 4.91. The van der Waals surface area contributed by atoms with Crippen LogP contribution in [0.4, 0.5) is 0 Å². The molecule has 1 unspecified atom stereocenters. The molecule has 0 spiro atoms. The second-order valence-electron chi connectivity index (χ2n) is 3.35. The van der Waals surface area contributed by atoms with E-state index in [1.54, 1.807) is 29.7 Å². The summed E-state index contributed by atoms with van der Waals surface area (Å²) in [4.78, 5) is 4.22. The number of nitrogens with one attached hydrogen (secondary N) is 1. The van der Waals surface area contributed by atoms with Crippen molar-refractivity contribution >= 4 is 11.3 Å². The van der Waals surface area contributed by atoms with Crippen molar-refractivity contribution in [3.05, 3.63) is 40.2 Å². The average molecular weight is 233 g/mol. The lowest BCUT2D eigenvalue weighted by molar-refractivity contribution is 0.453. The molecule has 0 saturated carbocycles. The summed E-state index contributed by atoms with van der Waals surface area (Å²) >= 11 is 1.62. The van der Waals surface area contributed by atoms with Crippen molar-refractivity contribution in [2.75, 3.05) is 0 Å². The lowest BCUT2D eigenvalue weighted by atomic mass is 10.3. The van der Waals surface area contributed by atoms with E-state index in [1.807, 2.05) is 18.4 Å². The standard InChI is InChI=1S/C11H11N3OS/c1-8(11-13-4-5-16-11)14-7-10-3-2-9(6-12)15-10/h2-5,8,14H,7H2,1H3. The Kier molecular flexibility index (Phi) is 3.34. The Bertz CT molecular complexity index is 484. The molecule has 0 saturated heterocycles. The molecule has 0 amide bonds. The largest absolute Gasteiger partial charge is 0.449 e. The molecule has 2 aromatic rings. The third kappa shape index (κ3) is 2.48. The van der Waals surface area contributed by atoms with Gasteiger partial charge in [-0.1, -0.05) is 0 Å². The molecule has 2 aromatic heterocycles. The summed E-state index contributed by atoms with van der Waals surface area (Å²) in [6.07, 6.45) is 1.79. The Morgan fingerprint density at radius 3 is 3.12 bits per heavy atom. The molecule has 5 heteroatoms. The van der Waals surface area contributed by atoms with Crippen molar-refractivity contribution in [3.63, 3.8) is 0 Å². The van der Waals surface area contributed by atoms with E-state index in [-0.39, 0.29) is 6.04 Å². The number of rotatable bonds is 4. The summed E-state index contributed by atoms with van der Waals surface area (Å²) in [6.45, 7) is 2.65. The van der Waals surface area contributed by atoms with E-state index < -0.39 is 0 Å². The first-order chi connectivity index (χ1) is 7.79. The van der Waals surface area contributed by atoms with Gasteiger partial charge in [-0.15, -0.1) is 11.3 Å². The fourth-order valence-electron chi connectivity index (χ4n) is 1.32. The number of furan rings is 1. The summed E-state index contributed by atoms with van der Waals surface area (Å²) in [5.74, 6) is 1.11. The van der Waals surface area contributed by atoms with Crippen LogP contribution in [-0.4, -0.2) is 4.98 Å². The zero-order chi connectivity index (χ0) is 11.4. The highest BCUT2D eigenvalue weighted by Gasteiger charge is 2.08. The third-order valence-corrected chi connectivity index (χ3v) is 3.13. The highest BCUT2D eigenvalue weighted by Crippen LogP contribution is 2.15. The van der Waals surface area contributed by atoms with Crippen LogP contribution in [0.25, 0.3) is 0 Å². The van der Waals surface area contributed by atoms with Crippen LogP contribution >= 0.6 is 11.3 Å². The fourth-order valence-corrected chi connectivity index (χ4v) is 1.99. The normalized spacial score (nSPS) is 12.2. The topological polar surface area (TPSA) is 61.9 Å². The SMILES string of the molecule is CC(NCc1ccc(C#N)o1)c1nccs1. The Balaban J connectivity index is 1.90. The smallest absolute Gasteiger partial charge is 0.203 e. The molecule has 0 bridgehead atoms. The van der Waals surface area contributed by atoms with E-state index in [1.165, 1.54) is 0 Å². The van der Waals surface area contributed by atoms with Crippen LogP contribution in [0.2, 0.25) is 0 Å². The first-order valence-corrected chi connectivity index (χ1v) is 5.79. The van der Waals surface area contributed by atoms with Crippen LogP contribution in [0.1, 0.15) is 29.5 Å². The van der Waals surface area contributed by atoms with Gasteiger partial charge in [-0.3, -0.25) is 0 Å². The van der Waals surface area contributed by atoms with Gasteiger partial charge >= 0.3 is 0 Å². The minimum Gasteiger partial charge on any atom is -0.449 e. The molecule has 1 N–H and O–H groups in total. The minimum absolute atomic E-state index is 0.190. The maximum absolute atomic E-state index is 8.61. The first kappa shape index (κ1) is 10.9. The lowest BCUT2D eigenvalue weighted by Crippen LogP contribution is -2.17. The summed E-state index contributed by atoms with van der Waals surface area (Å²) < 4.78 is 5.26. The molecule has 0 aliphatic rings. The van der Waals surface area contributed by atoms with Crippen LogP contribution in [0.15, 0.2) is 28.1 Å². The van der Waals surface area contributed by atoms with Crippen molar-refractivity contribution in [1.82, 2.24) is 10.3 Å². The van der Waals surface area contributed by atoms with Crippen LogP contribution in [-0.2, 0) is 6.54 Å². The number of hydrogen-bond acceptors (Lipinski definition) is 5. The summed E-state index contributed by atoms with van der Waals surface area (Å²) in [6, 6.07) is 5.63. The van der Waals surface area contributed by atoms with Gasteiger partial charge in [0, 0.05) is 11.6 Å². The quantitative estimate of drug-likeness (QED) is 0.881. The van der Waals surface area contributed by atoms with Gasteiger partial charge in [-0.05, 0) is 19.1 Å². The summed E-state index contributed by atoms with van der Waals surface area (Å²) in [5.41, 5.74) is 0. The molecular weight excluding hydrogens is 222 g/mol. The summed E-state index contributed by atoms with van der Waals surface area (Å²) in [7, 11) is 0. The van der Waals surface area contributed by atoms with Gasteiger partial charge in [-0.25, -0.2) is 4.98 Å². The number of nitriles is 1. The molecule has 4 nitrogen and oxygen atoms in total. The van der Waals surface area contributed by atoms with Gasteiger partial charge in [0.2, 0.25) is 5.76 Å². The highest BCUT2D eigenvalue weighted by atomic mass is 32.1. The maximum Gasteiger partial charge on any atom is 0.203 e. The molecular formula is C11H11N3OS. The fraction of sp³-hybridized carbons (Fsp3) is 0.273. The van der Waals surface area contributed by atoms with Gasteiger partial charge in [0.05, 0.1) is 12.6 Å². The van der Waals surface area contributed by atoms with Gasteiger partial charge in [0.1, 0.15) is 16.8 Å². The van der Waals surface area contributed by atoms with E-state index in [4.69, 9.17) is 9.68 Å². The summed E-state index contributed by atoms with van der Waals surface area (Å²) in [5, 5.41) is 14.9. The second-order valence-corrected chi connectivity index (χ2v) is 4.28. The Morgan fingerprint density at radius 2 is 2.50 bits per heavy atom. The van der Waals surface area contributed by atoms with Crippen molar-refractivity contribution in [3.8, 4) is 6.07 Å². The Morgan fingerprint density at radius 1 is 1.62 bits per heavy atom. The number of hydrogen-bond donors (Lipinski definition) is 1. The number of thiazole rings is 1. The molecule has 2 heterocycles. The second kappa shape index (κ2) is 4.92. The molecule has 0 radical (unpaired) electrons. The molecule has 0 aliphatic carbocycles. The van der Waals surface area contributed by atoms with Crippen LogP contribution in [0.5, 0.6) is 0 Å². The van der Waals surface area contributed by atoms with Gasteiger partial charge in [-0.2, -0.15) is 5.26 Å². The molecule has 0 aliphatic heterocycles. The minimum atomic E-state index is 0.190. The van der Waals surface area contributed by atoms with Gasteiger partial charge in [0.25, 0.3) is 0 Å². The zero-order valence-electron chi connectivity index (χ0n) is 8.80. The molecule has 1 atom stereocenters. The van der Waals surface area contributed by atoms with E-state index in [9.17, 15) is 0 Å². The van der Waals surface area contributed by atoms with Crippen molar-refractivity contribution < 1.29 is 4.42 Å². The van der Waals surface area contributed by atoms with Crippen LogP contribution in [0.3, 0.4) is 0 Å². The van der Waals surface area contributed by atoms with Crippen LogP contribution < -0.4 is 5.32 Å². The number of nitrogens with zero attached hydrogens (tertiary/aromatic N) is 2. The average Bonchev–Trinajstić information content (AvgIpc) is 2.96. The van der Waals surface area contributed by atoms with E-state index in [0.29, 0.717) is 12.3 Å². The predicted molar refractivity (Wildman–Crippen MR) is 60.8 cm³/mol. The number of aromatic nitrogens is 1.